The van der Waals surface area contributed by atoms with Gasteiger partial charge in [0, 0.05) is 13.5 Å². The summed E-state index contributed by atoms with van der Waals surface area (Å²) in [5.74, 6) is -0.354. The summed E-state index contributed by atoms with van der Waals surface area (Å²) in [6.07, 6.45) is 0.648. The molecule has 1 saturated heterocycles. The lowest BCUT2D eigenvalue weighted by Crippen LogP contribution is -2.41. The van der Waals surface area contributed by atoms with Gasteiger partial charge in [0.25, 0.3) is 0 Å². The van der Waals surface area contributed by atoms with E-state index >= 15 is 0 Å². The van der Waals surface area contributed by atoms with Crippen molar-refractivity contribution in [1.29, 1.82) is 0 Å². The predicted molar refractivity (Wildman–Crippen MR) is 110 cm³/mol. The number of benzene rings is 2. The number of amides is 1. The van der Waals surface area contributed by atoms with Gasteiger partial charge >= 0.3 is 7.12 Å². The Balaban J connectivity index is 1.96. The minimum absolute atomic E-state index is 0.0684. The summed E-state index contributed by atoms with van der Waals surface area (Å²) in [5, 5.41) is 2.81. The van der Waals surface area contributed by atoms with Gasteiger partial charge in [-0.3, -0.25) is 4.79 Å². The summed E-state index contributed by atoms with van der Waals surface area (Å²) < 4.78 is 26.2. The summed E-state index contributed by atoms with van der Waals surface area (Å²) in [4.78, 5) is 11.2. The first-order chi connectivity index (χ1) is 13.1. The molecule has 1 aliphatic heterocycles. The largest absolute Gasteiger partial charge is 0.494 e. The van der Waals surface area contributed by atoms with Crippen LogP contribution in [-0.4, -0.2) is 30.8 Å². The van der Waals surface area contributed by atoms with Crippen molar-refractivity contribution < 1.29 is 18.5 Å². The van der Waals surface area contributed by atoms with Crippen molar-refractivity contribution in [2.24, 2.45) is 0 Å². The molecule has 28 heavy (non-hydrogen) atoms. The molecule has 1 fully saturated rings. The minimum Gasteiger partial charge on any atom is -0.399 e. The Morgan fingerprint density at radius 1 is 1.07 bits per heavy atom. The van der Waals surface area contributed by atoms with Gasteiger partial charge in [0.1, 0.15) is 5.82 Å². The van der Waals surface area contributed by atoms with Crippen LogP contribution in [0.3, 0.4) is 0 Å². The molecule has 1 N–H and O–H groups in total. The van der Waals surface area contributed by atoms with Crippen LogP contribution in [0.15, 0.2) is 42.5 Å². The van der Waals surface area contributed by atoms with Crippen LogP contribution in [0, 0.1) is 5.82 Å². The summed E-state index contributed by atoms with van der Waals surface area (Å²) >= 11 is 0. The van der Waals surface area contributed by atoms with Crippen molar-refractivity contribution in [3.63, 3.8) is 0 Å². The van der Waals surface area contributed by atoms with E-state index in [0.29, 0.717) is 13.0 Å². The van der Waals surface area contributed by atoms with Gasteiger partial charge in [0.15, 0.2) is 0 Å². The molecule has 148 valence electrons. The summed E-state index contributed by atoms with van der Waals surface area (Å²) in [6, 6.07) is 12.5. The maximum Gasteiger partial charge on any atom is 0.494 e. The fraction of sp³-hybridized carbons (Fsp3) is 0.409. The molecule has 0 bridgehead atoms. The maximum absolute atomic E-state index is 13.8. The molecule has 1 heterocycles. The lowest BCUT2D eigenvalue weighted by molar-refractivity contribution is -0.118. The highest BCUT2D eigenvalue weighted by atomic mass is 19.1. The minimum atomic E-state index is -0.485. The monoisotopic (exact) mass is 383 g/mol. The highest BCUT2D eigenvalue weighted by Crippen LogP contribution is 2.37. The smallest absolute Gasteiger partial charge is 0.399 e. The fourth-order valence-corrected chi connectivity index (χ4v) is 3.24. The van der Waals surface area contributed by atoms with Gasteiger partial charge in [0.2, 0.25) is 5.91 Å². The molecule has 1 amide bonds. The molecule has 6 heteroatoms. The Kier molecular flexibility index (Phi) is 5.64. The van der Waals surface area contributed by atoms with E-state index in [-0.39, 0.29) is 11.7 Å². The molecule has 0 atom stereocenters. The third-order valence-corrected chi connectivity index (χ3v) is 5.56. The van der Waals surface area contributed by atoms with Gasteiger partial charge in [-0.05, 0) is 68.4 Å². The van der Waals surface area contributed by atoms with E-state index in [0.717, 1.165) is 22.2 Å². The third-order valence-electron chi connectivity index (χ3n) is 5.56. The van der Waals surface area contributed by atoms with Crippen LogP contribution in [0.1, 0.15) is 40.2 Å². The predicted octanol–water partition coefficient (Wildman–Crippen LogP) is 3.47. The molecule has 0 aliphatic carbocycles. The van der Waals surface area contributed by atoms with Crippen LogP contribution < -0.4 is 10.8 Å². The number of hydrogen-bond donors (Lipinski definition) is 1. The molecule has 3 rings (SSSR count). The number of nitrogens with one attached hydrogen (secondary N) is 1. The molecule has 0 saturated carbocycles. The normalized spacial score (nSPS) is 17.6. The molecule has 0 aromatic heterocycles. The molecule has 4 nitrogen and oxygen atoms in total. The zero-order valence-electron chi connectivity index (χ0n) is 17.1. The number of halogens is 1. The van der Waals surface area contributed by atoms with Crippen LogP contribution in [0.4, 0.5) is 4.39 Å². The van der Waals surface area contributed by atoms with Gasteiger partial charge in [-0.15, -0.1) is 0 Å². The summed E-state index contributed by atoms with van der Waals surface area (Å²) in [7, 11) is -0.485. The second-order valence-electron chi connectivity index (χ2n) is 8.25. The molecular formula is C22H27BFNO3. The van der Waals surface area contributed by atoms with Crippen molar-refractivity contribution in [2.75, 3.05) is 6.54 Å². The van der Waals surface area contributed by atoms with E-state index < -0.39 is 18.3 Å². The van der Waals surface area contributed by atoms with Gasteiger partial charge < -0.3 is 14.6 Å². The van der Waals surface area contributed by atoms with E-state index in [9.17, 15) is 9.18 Å². The SMILES string of the molecule is CC(=O)NCCc1ccc(B2OC(C)(C)C(C)(C)O2)cc1-c1cccc(F)c1. The lowest BCUT2D eigenvalue weighted by atomic mass is 9.77. The van der Waals surface area contributed by atoms with E-state index in [1.54, 1.807) is 6.07 Å². The van der Waals surface area contributed by atoms with Crippen LogP contribution in [0.25, 0.3) is 11.1 Å². The Hall–Kier alpha value is -2.18. The Labute approximate surface area is 166 Å². The van der Waals surface area contributed by atoms with Crippen LogP contribution in [0.2, 0.25) is 0 Å². The number of hydrogen-bond acceptors (Lipinski definition) is 3. The van der Waals surface area contributed by atoms with Gasteiger partial charge in [-0.1, -0.05) is 30.3 Å². The fourth-order valence-electron chi connectivity index (χ4n) is 3.24. The van der Waals surface area contributed by atoms with E-state index in [2.05, 4.69) is 5.32 Å². The van der Waals surface area contributed by atoms with Crippen LogP contribution in [0.5, 0.6) is 0 Å². The van der Waals surface area contributed by atoms with Gasteiger partial charge in [0.05, 0.1) is 11.2 Å². The van der Waals surface area contributed by atoms with E-state index in [1.807, 2.05) is 52.0 Å². The molecule has 0 radical (unpaired) electrons. The lowest BCUT2D eigenvalue weighted by Gasteiger charge is -2.32. The van der Waals surface area contributed by atoms with Crippen LogP contribution >= 0.6 is 0 Å². The van der Waals surface area contributed by atoms with Crippen molar-refractivity contribution >= 4 is 18.5 Å². The molecule has 0 spiro atoms. The molecule has 0 unspecified atom stereocenters. The average molecular weight is 383 g/mol. The van der Waals surface area contributed by atoms with Crippen molar-refractivity contribution in [1.82, 2.24) is 5.32 Å². The van der Waals surface area contributed by atoms with Crippen LogP contribution in [-0.2, 0) is 20.5 Å². The van der Waals surface area contributed by atoms with Crippen molar-refractivity contribution in [2.45, 2.75) is 52.2 Å². The second kappa shape index (κ2) is 7.68. The highest BCUT2D eigenvalue weighted by molar-refractivity contribution is 6.62. The zero-order valence-corrected chi connectivity index (χ0v) is 17.1. The Bertz CT molecular complexity index is 866. The van der Waals surface area contributed by atoms with Crippen molar-refractivity contribution in [3.05, 3.63) is 53.8 Å². The van der Waals surface area contributed by atoms with Gasteiger partial charge in [-0.25, -0.2) is 4.39 Å². The number of carbonyl (C=O) groups excluding carboxylic acids is 1. The summed E-state index contributed by atoms with van der Waals surface area (Å²) in [6.45, 7) is 10.1. The molecule has 1 aliphatic rings. The highest BCUT2D eigenvalue weighted by Gasteiger charge is 2.51. The maximum atomic E-state index is 13.8. The zero-order chi connectivity index (χ0) is 20.5. The number of carbonyl (C=O) groups is 1. The summed E-state index contributed by atoms with van der Waals surface area (Å²) in [5.41, 5.74) is 2.76. The second-order valence-corrected chi connectivity index (χ2v) is 8.25. The standard InChI is InChI=1S/C22H27BFNO3/c1-15(26)25-12-11-16-9-10-18(23-27-21(2,3)22(4,5)28-23)14-20(16)17-7-6-8-19(24)13-17/h6-10,13-14H,11-12H2,1-5H3,(H,25,26). The Morgan fingerprint density at radius 3 is 2.36 bits per heavy atom. The molecule has 2 aromatic rings. The Morgan fingerprint density at radius 2 is 1.75 bits per heavy atom. The average Bonchev–Trinajstić information content (AvgIpc) is 2.82. The topological polar surface area (TPSA) is 47.6 Å². The number of rotatable bonds is 5. The first-order valence-corrected chi connectivity index (χ1v) is 9.58. The third kappa shape index (κ3) is 4.28. The van der Waals surface area contributed by atoms with E-state index in [4.69, 9.17) is 9.31 Å². The van der Waals surface area contributed by atoms with Gasteiger partial charge in [-0.2, -0.15) is 0 Å². The first-order valence-electron chi connectivity index (χ1n) is 9.58. The molecular weight excluding hydrogens is 356 g/mol. The molecule has 2 aromatic carbocycles. The first kappa shape index (κ1) is 20.6. The quantitative estimate of drug-likeness (QED) is 0.805. The van der Waals surface area contributed by atoms with Crippen molar-refractivity contribution in [3.8, 4) is 11.1 Å². The van der Waals surface area contributed by atoms with E-state index in [1.165, 1.54) is 19.1 Å².